The van der Waals surface area contributed by atoms with Gasteiger partial charge in [0.1, 0.15) is 5.75 Å². The highest BCUT2D eigenvalue weighted by molar-refractivity contribution is 9.10. The van der Waals surface area contributed by atoms with Crippen LogP contribution in [0, 0.1) is 0 Å². The number of ether oxygens (including phenoxy) is 1. The van der Waals surface area contributed by atoms with Gasteiger partial charge in [-0.2, -0.15) is 23.3 Å². The van der Waals surface area contributed by atoms with Gasteiger partial charge in [-0.05, 0) is 48.0 Å². The number of rotatable bonds is 3. The zero-order valence-corrected chi connectivity index (χ0v) is 15.6. The Labute approximate surface area is 161 Å². The van der Waals surface area contributed by atoms with Gasteiger partial charge in [0.25, 0.3) is 11.6 Å². The molecule has 2 aromatic rings. The minimum absolute atomic E-state index is 0.0354. The van der Waals surface area contributed by atoms with E-state index in [-0.39, 0.29) is 16.3 Å². The molecule has 5 nitrogen and oxygen atoms in total. The quantitative estimate of drug-likeness (QED) is 0.782. The van der Waals surface area contributed by atoms with Crippen molar-refractivity contribution in [1.82, 2.24) is 5.01 Å². The molecule has 0 aromatic heterocycles. The molecule has 1 aliphatic rings. The van der Waals surface area contributed by atoms with Crippen LogP contribution in [0.15, 0.2) is 58.1 Å². The largest absolute Gasteiger partial charge is 0.497 e. The molecule has 0 spiro atoms. The highest BCUT2D eigenvalue weighted by atomic mass is 79.9. The molecule has 0 saturated carbocycles. The van der Waals surface area contributed by atoms with Crippen molar-refractivity contribution in [1.29, 1.82) is 0 Å². The molecule has 1 N–H and O–H groups in total. The molecule has 1 aliphatic heterocycles. The summed E-state index contributed by atoms with van der Waals surface area (Å²) in [5.41, 5.74) is -3.17. The average Bonchev–Trinajstić information content (AvgIpc) is 3.00. The summed E-state index contributed by atoms with van der Waals surface area (Å²) in [6, 6.07) is 12.0. The van der Waals surface area contributed by atoms with Crippen LogP contribution in [0.2, 0.25) is 0 Å². The van der Waals surface area contributed by atoms with Gasteiger partial charge in [-0.3, -0.25) is 4.79 Å². The van der Waals surface area contributed by atoms with Crippen molar-refractivity contribution in [2.75, 3.05) is 7.11 Å². The predicted molar refractivity (Wildman–Crippen MR) is 95.5 cm³/mol. The first-order chi connectivity index (χ1) is 12.7. The van der Waals surface area contributed by atoms with Crippen molar-refractivity contribution in [3.05, 3.63) is 64.1 Å². The van der Waals surface area contributed by atoms with Gasteiger partial charge in [0.05, 0.1) is 19.2 Å². The summed E-state index contributed by atoms with van der Waals surface area (Å²) < 4.78 is 46.4. The van der Waals surface area contributed by atoms with Crippen LogP contribution < -0.4 is 4.74 Å². The summed E-state index contributed by atoms with van der Waals surface area (Å²) in [5.74, 6) is -0.537. The van der Waals surface area contributed by atoms with Crippen molar-refractivity contribution in [2.24, 2.45) is 5.10 Å². The molecule has 0 bridgehead atoms. The van der Waals surface area contributed by atoms with Crippen LogP contribution >= 0.6 is 15.9 Å². The Morgan fingerprint density at radius 2 is 1.93 bits per heavy atom. The summed E-state index contributed by atoms with van der Waals surface area (Å²) in [4.78, 5) is 12.7. The van der Waals surface area contributed by atoms with Crippen molar-refractivity contribution >= 4 is 27.5 Å². The molecule has 3 rings (SSSR count). The zero-order valence-electron chi connectivity index (χ0n) is 14.0. The Kier molecular flexibility index (Phi) is 5.00. The minimum Gasteiger partial charge on any atom is -0.497 e. The van der Waals surface area contributed by atoms with E-state index in [1.54, 1.807) is 18.2 Å². The van der Waals surface area contributed by atoms with Crippen LogP contribution in [-0.4, -0.2) is 40.7 Å². The van der Waals surface area contributed by atoms with Gasteiger partial charge in [-0.15, -0.1) is 0 Å². The van der Waals surface area contributed by atoms with Crippen LogP contribution in [0.25, 0.3) is 0 Å². The normalized spacial score (nSPS) is 19.8. The van der Waals surface area contributed by atoms with Crippen molar-refractivity contribution in [3.63, 3.8) is 0 Å². The third-order valence-corrected chi connectivity index (χ3v) is 4.62. The van der Waals surface area contributed by atoms with Crippen molar-refractivity contribution in [2.45, 2.75) is 18.3 Å². The number of halogens is 4. The molecule has 9 heteroatoms. The number of alkyl halides is 3. The first kappa shape index (κ1) is 19.4. The Morgan fingerprint density at radius 3 is 2.48 bits per heavy atom. The average molecular weight is 443 g/mol. The maximum Gasteiger partial charge on any atom is 0.438 e. The first-order valence-electron chi connectivity index (χ1n) is 7.77. The molecular formula is C18H14BrF3N2O3. The number of amides is 1. The van der Waals surface area contributed by atoms with Crippen LogP contribution in [0.4, 0.5) is 13.2 Å². The van der Waals surface area contributed by atoms with Gasteiger partial charge in [-0.1, -0.05) is 22.0 Å². The van der Waals surface area contributed by atoms with Gasteiger partial charge in [0.2, 0.25) is 0 Å². The van der Waals surface area contributed by atoms with E-state index in [4.69, 9.17) is 4.74 Å². The number of carbonyl (C=O) groups excluding carboxylic acids is 1. The molecule has 1 unspecified atom stereocenters. The van der Waals surface area contributed by atoms with Gasteiger partial charge < -0.3 is 9.84 Å². The highest BCUT2D eigenvalue weighted by Crippen LogP contribution is 2.42. The van der Waals surface area contributed by atoms with E-state index in [2.05, 4.69) is 21.0 Å². The Hall–Kier alpha value is -2.39. The third kappa shape index (κ3) is 3.57. The van der Waals surface area contributed by atoms with E-state index in [0.29, 0.717) is 15.8 Å². The SMILES string of the molecule is COc1ccc(C2=NN(C(=O)c3cccc(Br)c3)C(O)(C(F)(F)F)C2)cc1. The molecule has 2 aromatic carbocycles. The summed E-state index contributed by atoms with van der Waals surface area (Å²) in [6.45, 7) is 0. The monoisotopic (exact) mass is 442 g/mol. The molecule has 0 fully saturated rings. The number of nitrogens with zero attached hydrogens (tertiary/aromatic N) is 2. The molecule has 0 saturated heterocycles. The summed E-state index contributed by atoms with van der Waals surface area (Å²) in [7, 11) is 1.46. The topological polar surface area (TPSA) is 62.1 Å². The molecule has 27 heavy (non-hydrogen) atoms. The first-order valence-corrected chi connectivity index (χ1v) is 8.56. The van der Waals surface area contributed by atoms with E-state index >= 15 is 0 Å². The van der Waals surface area contributed by atoms with Gasteiger partial charge >= 0.3 is 6.18 Å². The van der Waals surface area contributed by atoms with E-state index in [1.165, 1.54) is 37.4 Å². The number of benzene rings is 2. The molecule has 1 amide bonds. The maximum absolute atomic E-state index is 13.6. The lowest BCUT2D eigenvalue weighted by molar-refractivity contribution is -0.297. The number of methoxy groups -OCH3 is 1. The second-order valence-corrected chi connectivity index (χ2v) is 6.81. The maximum atomic E-state index is 13.6. The second-order valence-electron chi connectivity index (χ2n) is 5.89. The Morgan fingerprint density at radius 1 is 1.26 bits per heavy atom. The number of carbonyl (C=O) groups is 1. The standard InChI is InChI=1S/C18H14BrF3N2O3/c1-27-14-7-5-11(6-8-14)15-10-17(26,18(20,21)22)24(23-15)16(25)12-3-2-4-13(19)9-12/h2-9,26H,10H2,1H3. The van der Waals surface area contributed by atoms with E-state index in [9.17, 15) is 23.1 Å². The van der Waals surface area contributed by atoms with Crippen LogP contribution in [0.5, 0.6) is 5.75 Å². The lowest BCUT2D eigenvalue weighted by Gasteiger charge is -2.32. The fourth-order valence-electron chi connectivity index (χ4n) is 2.67. The highest BCUT2D eigenvalue weighted by Gasteiger charge is 2.63. The second kappa shape index (κ2) is 6.97. The summed E-state index contributed by atoms with van der Waals surface area (Å²) in [5, 5.41) is 14.3. The Bertz CT molecular complexity index is 899. The smallest absolute Gasteiger partial charge is 0.438 e. The molecule has 1 atom stereocenters. The zero-order chi connectivity index (χ0) is 19.8. The number of hydrogen-bond donors (Lipinski definition) is 1. The molecule has 0 radical (unpaired) electrons. The number of hydrogen-bond acceptors (Lipinski definition) is 4. The predicted octanol–water partition coefficient (Wildman–Crippen LogP) is 3.96. The van der Waals surface area contributed by atoms with Crippen molar-refractivity contribution < 1.29 is 27.8 Å². The van der Waals surface area contributed by atoms with Gasteiger partial charge in [0.15, 0.2) is 0 Å². The fraction of sp³-hybridized carbons (Fsp3) is 0.222. The molecular weight excluding hydrogens is 429 g/mol. The van der Waals surface area contributed by atoms with Crippen LogP contribution in [-0.2, 0) is 0 Å². The van der Waals surface area contributed by atoms with E-state index in [0.717, 1.165) is 0 Å². The molecule has 0 aliphatic carbocycles. The lowest BCUT2D eigenvalue weighted by Crippen LogP contribution is -2.56. The third-order valence-electron chi connectivity index (χ3n) is 4.13. The van der Waals surface area contributed by atoms with Crippen molar-refractivity contribution in [3.8, 4) is 5.75 Å². The van der Waals surface area contributed by atoms with Crippen LogP contribution in [0.1, 0.15) is 22.3 Å². The Balaban J connectivity index is 2.03. The molecule has 142 valence electrons. The number of hydrazone groups is 1. The van der Waals surface area contributed by atoms with Gasteiger partial charge in [0, 0.05) is 10.0 Å². The van der Waals surface area contributed by atoms with Crippen LogP contribution in [0.3, 0.4) is 0 Å². The van der Waals surface area contributed by atoms with E-state index in [1.807, 2.05) is 0 Å². The molecule has 1 heterocycles. The van der Waals surface area contributed by atoms with Gasteiger partial charge in [-0.25, -0.2) is 0 Å². The lowest BCUT2D eigenvalue weighted by atomic mass is 10.0. The fourth-order valence-corrected chi connectivity index (χ4v) is 3.07. The summed E-state index contributed by atoms with van der Waals surface area (Å²) in [6.07, 6.45) is -5.96. The number of aliphatic hydroxyl groups is 1. The summed E-state index contributed by atoms with van der Waals surface area (Å²) >= 11 is 3.17. The van der Waals surface area contributed by atoms with E-state index < -0.39 is 24.2 Å². The minimum atomic E-state index is -5.09.